The molecule has 0 fully saturated rings. The molecule has 1 heterocycles. The van der Waals surface area contributed by atoms with Crippen LogP contribution in [0.1, 0.15) is 22.6 Å². The number of phenols is 1. The van der Waals surface area contributed by atoms with E-state index < -0.39 is 0 Å². The Labute approximate surface area is 186 Å². The molecule has 0 aliphatic rings. The van der Waals surface area contributed by atoms with E-state index in [2.05, 4.69) is 11.1 Å². The van der Waals surface area contributed by atoms with Crippen LogP contribution >= 0.6 is 0 Å². The predicted octanol–water partition coefficient (Wildman–Crippen LogP) is 5.58. The van der Waals surface area contributed by atoms with Gasteiger partial charge in [-0.3, -0.25) is 0 Å². The van der Waals surface area contributed by atoms with Crippen molar-refractivity contribution in [3.63, 3.8) is 0 Å². The fourth-order valence-electron chi connectivity index (χ4n) is 3.19. The molecule has 0 atom stereocenters. The van der Waals surface area contributed by atoms with Crippen LogP contribution in [-0.4, -0.2) is 10.1 Å². The number of hydrogen-bond donors (Lipinski definition) is 1. The third-order valence-corrected chi connectivity index (χ3v) is 4.92. The maximum atomic E-state index is 9.60. The number of rotatable bonds is 8. The molecule has 32 heavy (non-hydrogen) atoms. The Hall–Kier alpha value is -4.24. The minimum Gasteiger partial charge on any atom is -0.508 e. The average Bonchev–Trinajstić information content (AvgIpc) is 3.19. The number of oxazole rings is 1. The number of aryl methyl sites for hydroxylation is 1. The van der Waals surface area contributed by atoms with Gasteiger partial charge in [-0.1, -0.05) is 30.3 Å². The number of aromatic hydroxyl groups is 1. The van der Waals surface area contributed by atoms with Gasteiger partial charge in [-0.25, -0.2) is 4.98 Å². The predicted molar refractivity (Wildman–Crippen MR) is 119 cm³/mol. The van der Waals surface area contributed by atoms with E-state index >= 15 is 0 Å². The standard InChI is InChI=1S/C26H22N2O4/c1-18-24(28-26(32-18)20-5-3-2-4-6-20)17-30-23-10-7-19(8-11-23)16-31-25-12-9-22(29)15-21(25)13-14-27/h2-12,15,29H,13,16-17H2,1H3. The summed E-state index contributed by atoms with van der Waals surface area (Å²) < 4.78 is 17.5. The number of hydrogen-bond acceptors (Lipinski definition) is 6. The van der Waals surface area contributed by atoms with Crippen LogP contribution in [0.4, 0.5) is 0 Å². The minimum absolute atomic E-state index is 0.113. The quantitative estimate of drug-likeness (QED) is 0.396. The smallest absolute Gasteiger partial charge is 0.226 e. The molecule has 160 valence electrons. The Morgan fingerprint density at radius 2 is 1.75 bits per heavy atom. The number of ether oxygens (including phenoxy) is 2. The zero-order valence-electron chi connectivity index (χ0n) is 17.6. The summed E-state index contributed by atoms with van der Waals surface area (Å²) in [6.45, 7) is 2.53. The zero-order valence-corrected chi connectivity index (χ0v) is 17.6. The average molecular weight is 426 g/mol. The molecule has 0 unspecified atom stereocenters. The molecule has 6 nitrogen and oxygen atoms in total. The summed E-state index contributed by atoms with van der Waals surface area (Å²) in [5.41, 5.74) is 3.30. The maximum Gasteiger partial charge on any atom is 0.226 e. The molecule has 0 amide bonds. The molecule has 0 saturated heterocycles. The number of phenolic OH excluding ortho intramolecular Hbond substituents is 1. The van der Waals surface area contributed by atoms with Crippen molar-refractivity contribution in [1.29, 1.82) is 5.26 Å². The topological polar surface area (TPSA) is 88.5 Å². The Bertz CT molecular complexity index is 1230. The van der Waals surface area contributed by atoms with Crippen LogP contribution in [0.15, 0.2) is 77.2 Å². The first-order valence-corrected chi connectivity index (χ1v) is 10.2. The minimum atomic E-state index is 0.113. The van der Waals surface area contributed by atoms with Gasteiger partial charge in [0.25, 0.3) is 0 Å². The van der Waals surface area contributed by atoms with Crippen LogP contribution in [0.5, 0.6) is 17.2 Å². The van der Waals surface area contributed by atoms with Crippen LogP contribution in [0.3, 0.4) is 0 Å². The molecule has 0 aliphatic heterocycles. The van der Waals surface area contributed by atoms with Crippen LogP contribution < -0.4 is 9.47 Å². The molecule has 1 aromatic heterocycles. The second-order valence-corrected chi connectivity index (χ2v) is 7.24. The molecular weight excluding hydrogens is 404 g/mol. The zero-order chi connectivity index (χ0) is 22.3. The molecule has 4 rings (SSSR count). The van der Waals surface area contributed by atoms with Crippen molar-refractivity contribution in [2.75, 3.05) is 0 Å². The Morgan fingerprint density at radius 1 is 0.969 bits per heavy atom. The van der Waals surface area contributed by atoms with Gasteiger partial charge < -0.3 is 19.0 Å². The SMILES string of the molecule is Cc1oc(-c2ccccc2)nc1COc1ccc(COc2ccc(O)cc2CC#N)cc1. The van der Waals surface area contributed by atoms with Gasteiger partial charge in [0.1, 0.15) is 41.9 Å². The largest absolute Gasteiger partial charge is 0.508 e. The molecule has 0 saturated carbocycles. The first kappa shape index (κ1) is 21.0. The van der Waals surface area contributed by atoms with Gasteiger partial charge in [0.05, 0.1) is 12.5 Å². The number of benzene rings is 3. The van der Waals surface area contributed by atoms with Gasteiger partial charge in [-0.15, -0.1) is 0 Å². The Kier molecular flexibility index (Phi) is 6.38. The Balaban J connectivity index is 1.35. The van der Waals surface area contributed by atoms with Gasteiger partial charge in [0.15, 0.2) is 0 Å². The highest BCUT2D eigenvalue weighted by molar-refractivity contribution is 5.53. The molecule has 6 heteroatoms. The Morgan fingerprint density at radius 3 is 2.50 bits per heavy atom. The van der Waals surface area contributed by atoms with Gasteiger partial charge in [-0.2, -0.15) is 5.26 Å². The summed E-state index contributed by atoms with van der Waals surface area (Å²) in [7, 11) is 0. The van der Waals surface area contributed by atoms with Crippen LogP contribution in [0.2, 0.25) is 0 Å². The number of nitrogens with zero attached hydrogens (tertiary/aromatic N) is 2. The summed E-state index contributed by atoms with van der Waals surface area (Å²) >= 11 is 0. The first-order chi connectivity index (χ1) is 15.6. The third-order valence-electron chi connectivity index (χ3n) is 4.92. The third kappa shape index (κ3) is 5.08. The van der Waals surface area contributed by atoms with Crippen molar-refractivity contribution in [3.8, 4) is 34.8 Å². The van der Waals surface area contributed by atoms with Gasteiger partial charge in [0.2, 0.25) is 5.89 Å². The summed E-state index contributed by atoms with van der Waals surface area (Å²) in [4.78, 5) is 4.55. The van der Waals surface area contributed by atoms with Crippen LogP contribution in [0.25, 0.3) is 11.5 Å². The molecule has 4 aromatic rings. The van der Waals surface area contributed by atoms with E-state index in [0.717, 1.165) is 22.6 Å². The number of nitriles is 1. The number of aromatic nitrogens is 1. The van der Waals surface area contributed by atoms with Gasteiger partial charge in [-0.05, 0) is 55.0 Å². The summed E-state index contributed by atoms with van der Waals surface area (Å²) in [5.74, 6) is 2.73. The van der Waals surface area contributed by atoms with Crippen molar-refractivity contribution in [2.45, 2.75) is 26.6 Å². The molecule has 0 spiro atoms. The van der Waals surface area contributed by atoms with E-state index in [1.807, 2.05) is 61.5 Å². The molecular formula is C26H22N2O4. The molecule has 3 aromatic carbocycles. The van der Waals surface area contributed by atoms with Crippen molar-refractivity contribution >= 4 is 0 Å². The molecule has 0 aliphatic carbocycles. The fraction of sp³-hybridized carbons (Fsp3) is 0.154. The van der Waals surface area contributed by atoms with Crippen molar-refractivity contribution in [1.82, 2.24) is 4.98 Å². The lowest BCUT2D eigenvalue weighted by Gasteiger charge is -2.11. The second kappa shape index (κ2) is 9.71. The highest BCUT2D eigenvalue weighted by Gasteiger charge is 2.12. The first-order valence-electron chi connectivity index (χ1n) is 10.2. The van der Waals surface area contributed by atoms with Gasteiger partial charge in [0, 0.05) is 11.1 Å². The van der Waals surface area contributed by atoms with E-state index in [9.17, 15) is 5.11 Å². The molecule has 0 radical (unpaired) electrons. The molecule has 0 bridgehead atoms. The summed E-state index contributed by atoms with van der Waals surface area (Å²) in [6, 6.07) is 24.2. The lowest BCUT2D eigenvalue weighted by molar-refractivity contribution is 0.295. The lowest BCUT2D eigenvalue weighted by Crippen LogP contribution is -2.00. The summed E-state index contributed by atoms with van der Waals surface area (Å²) in [6.07, 6.45) is 0.171. The van der Waals surface area contributed by atoms with Crippen molar-refractivity contribution < 1.29 is 19.0 Å². The molecule has 1 N–H and O–H groups in total. The van der Waals surface area contributed by atoms with E-state index in [1.54, 1.807) is 18.2 Å². The highest BCUT2D eigenvalue weighted by atomic mass is 16.5. The maximum absolute atomic E-state index is 9.60. The van der Waals surface area contributed by atoms with Crippen molar-refractivity contribution in [3.05, 3.63) is 95.4 Å². The fourth-order valence-corrected chi connectivity index (χ4v) is 3.19. The monoisotopic (exact) mass is 426 g/mol. The second-order valence-electron chi connectivity index (χ2n) is 7.24. The van der Waals surface area contributed by atoms with E-state index in [4.69, 9.17) is 19.2 Å². The van der Waals surface area contributed by atoms with E-state index in [1.165, 1.54) is 0 Å². The van der Waals surface area contributed by atoms with Crippen molar-refractivity contribution in [2.24, 2.45) is 0 Å². The highest BCUT2D eigenvalue weighted by Crippen LogP contribution is 2.26. The summed E-state index contributed by atoms with van der Waals surface area (Å²) in [5, 5.41) is 18.5. The lowest BCUT2D eigenvalue weighted by atomic mass is 10.1. The van der Waals surface area contributed by atoms with Gasteiger partial charge >= 0.3 is 0 Å². The normalized spacial score (nSPS) is 10.5. The van der Waals surface area contributed by atoms with E-state index in [0.29, 0.717) is 36.2 Å². The van der Waals surface area contributed by atoms with E-state index in [-0.39, 0.29) is 12.2 Å². The van der Waals surface area contributed by atoms with Crippen LogP contribution in [-0.2, 0) is 19.6 Å². The van der Waals surface area contributed by atoms with Crippen LogP contribution in [0, 0.1) is 18.3 Å².